The zero-order valence-corrected chi connectivity index (χ0v) is 16.6. The minimum absolute atomic E-state index is 0.337. The lowest BCUT2D eigenvalue weighted by molar-refractivity contribution is 0.0186. The average molecular weight is 371 g/mol. The minimum Gasteiger partial charge on any atom is -0.379 e. The van der Waals surface area contributed by atoms with Crippen LogP contribution in [0.4, 0.5) is 0 Å². The smallest absolute Gasteiger partial charge is 0.191 e. The molecule has 1 aliphatic heterocycles. The highest BCUT2D eigenvalue weighted by Crippen LogP contribution is 2.28. The van der Waals surface area contributed by atoms with Crippen molar-refractivity contribution in [1.29, 1.82) is 0 Å². The summed E-state index contributed by atoms with van der Waals surface area (Å²) in [6.07, 6.45) is 2.12. The summed E-state index contributed by atoms with van der Waals surface area (Å²) in [6.45, 7) is 10.5. The molecule has 0 bridgehead atoms. The van der Waals surface area contributed by atoms with E-state index in [4.69, 9.17) is 9.73 Å². The first-order valence-electron chi connectivity index (χ1n) is 8.63. The monoisotopic (exact) mass is 370 g/mol. The summed E-state index contributed by atoms with van der Waals surface area (Å²) in [6, 6.07) is 4.80. The summed E-state index contributed by atoms with van der Waals surface area (Å²) in [5, 5.41) is 6.76. The fraction of sp³-hybridized carbons (Fsp3) is 0.706. The molecule has 0 saturated carbocycles. The molecule has 2 heterocycles. The van der Waals surface area contributed by atoms with Crippen molar-refractivity contribution in [2.75, 3.05) is 57.9 Å². The Morgan fingerprint density at radius 2 is 2.17 bits per heavy atom. The number of ether oxygens (including phenoxy) is 1. The van der Waals surface area contributed by atoms with Gasteiger partial charge in [0.1, 0.15) is 0 Å². The molecule has 0 aromatic carbocycles. The van der Waals surface area contributed by atoms with Crippen LogP contribution in [0.25, 0.3) is 0 Å². The van der Waals surface area contributed by atoms with E-state index in [1.54, 1.807) is 0 Å². The second kappa shape index (κ2) is 11.0. The highest BCUT2D eigenvalue weighted by Gasteiger charge is 2.23. The Balaban J connectivity index is 2.06. The summed E-state index contributed by atoms with van der Waals surface area (Å²) in [7, 11) is 0. The van der Waals surface area contributed by atoms with Gasteiger partial charge in [-0.05, 0) is 32.2 Å². The van der Waals surface area contributed by atoms with Gasteiger partial charge in [-0.2, -0.15) is 11.8 Å². The fourth-order valence-electron chi connectivity index (χ4n) is 2.70. The molecule has 0 amide bonds. The van der Waals surface area contributed by atoms with Crippen LogP contribution >= 0.6 is 23.1 Å². The maximum absolute atomic E-state index is 5.52. The molecule has 0 spiro atoms. The van der Waals surface area contributed by atoms with Gasteiger partial charge in [0.05, 0.1) is 25.8 Å². The lowest BCUT2D eigenvalue weighted by Crippen LogP contribution is -2.42. The van der Waals surface area contributed by atoms with Gasteiger partial charge in [0.2, 0.25) is 0 Å². The number of morpholine rings is 1. The van der Waals surface area contributed by atoms with Gasteiger partial charge >= 0.3 is 0 Å². The van der Waals surface area contributed by atoms with Crippen LogP contribution in [0.1, 0.15) is 22.7 Å². The van der Waals surface area contributed by atoms with Crippen LogP contribution in [0.5, 0.6) is 0 Å². The average Bonchev–Trinajstić information content (AvgIpc) is 3.02. The van der Waals surface area contributed by atoms with Gasteiger partial charge in [0.25, 0.3) is 0 Å². The Kier molecular flexibility index (Phi) is 8.94. The van der Waals surface area contributed by atoms with E-state index in [9.17, 15) is 0 Å². The van der Waals surface area contributed by atoms with Crippen LogP contribution < -0.4 is 10.6 Å². The van der Waals surface area contributed by atoms with E-state index in [1.807, 2.05) is 23.1 Å². The van der Waals surface area contributed by atoms with Crippen molar-refractivity contribution >= 4 is 29.1 Å². The number of guanidine groups is 1. The van der Waals surface area contributed by atoms with E-state index in [2.05, 4.69) is 47.8 Å². The molecule has 24 heavy (non-hydrogen) atoms. The van der Waals surface area contributed by atoms with Crippen molar-refractivity contribution in [2.45, 2.75) is 19.9 Å². The van der Waals surface area contributed by atoms with E-state index in [0.29, 0.717) is 6.04 Å². The number of rotatable bonds is 8. The van der Waals surface area contributed by atoms with Crippen LogP contribution in [-0.2, 0) is 4.74 Å². The lowest BCUT2D eigenvalue weighted by Gasteiger charge is -2.33. The van der Waals surface area contributed by atoms with Crippen molar-refractivity contribution in [3.05, 3.63) is 21.9 Å². The number of aryl methyl sites for hydroxylation is 1. The zero-order valence-electron chi connectivity index (χ0n) is 15.0. The SMILES string of the molecule is CCNC(=NCC(c1ccc(C)s1)N1CCOCC1)NCCSC. The van der Waals surface area contributed by atoms with Gasteiger partial charge in [0.15, 0.2) is 5.96 Å². The van der Waals surface area contributed by atoms with Crippen LogP contribution in [0.2, 0.25) is 0 Å². The topological polar surface area (TPSA) is 48.9 Å². The van der Waals surface area contributed by atoms with Gasteiger partial charge < -0.3 is 15.4 Å². The molecule has 5 nitrogen and oxygen atoms in total. The number of nitrogens with zero attached hydrogens (tertiary/aromatic N) is 2. The van der Waals surface area contributed by atoms with Crippen LogP contribution in [0, 0.1) is 6.92 Å². The van der Waals surface area contributed by atoms with Crippen molar-refractivity contribution in [3.8, 4) is 0 Å². The van der Waals surface area contributed by atoms with Gasteiger partial charge in [0, 0.05) is 41.7 Å². The number of hydrogen-bond donors (Lipinski definition) is 2. The molecular formula is C17H30N4OS2. The van der Waals surface area contributed by atoms with Crippen LogP contribution in [-0.4, -0.2) is 68.8 Å². The van der Waals surface area contributed by atoms with E-state index < -0.39 is 0 Å². The molecule has 1 unspecified atom stereocenters. The Labute approximate surface area is 154 Å². The number of thioether (sulfide) groups is 1. The standard InChI is InChI=1S/C17H30N4OS2/c1-4-18-17(19-7-12-23-3)20-13-15(16-6-5-14(2)24-16)21-8-10-22-11-9-21/h5-6,15H,4,7-13H2,1-3H3,(H2,18,19,20). The fourth-order valence-corrected chi connectivity index (χ4v) is 4.01. The predicted molar refractivity (Wildman–Crippen MR) is 107 cm³/mol. The van der Waals surface area contributed by atoms with Gasteiger partial charge in [-0.1, -0.05) is 0 Å². The maximum Gasteiger partial charge on any atom is 0.191 e. The molecule has 2 N–H and O–H groups in total. The Morgan fingerprint density at radius 1 is 1.38 bits per heavy atom. The number of thiophene rings is 1. The third-order valence-electron chi connectivity index (χ3n) is 3.94. The van der Waals surface area contributed by atoms with E-state index in [0.717, 1.165) is 57.6 Å². The zero-order chi connectivity index (χ0) is 17.2. The molecule has 2 rings (SSSR count). The minimum atomic E-state index is 0.337. The predicted octanol–water partition coefficient (Wildman–Crippen LogP) is 2.35. The van der Waals surface area contributed by atoms with Crippen LogP contribution in [0.15, 0.2) is 17.1 Å². The second-order valence-electron chi connectivity index (χ2n) is 5.75. The molecule has 1 aromatic rings. The second-order valence-corrected chi connectivity index (χ2v) is 8.06. The first-order chi connectivity index (χ1) is 11.7. The number of nitrogens with one attached hydrogen (secondary N) is 2. The summed E-state index contributed by atoms with van der Waals surface area (Å²) in [5.41, 5.74) is 0. The van der Waals surface area contributed by atoms with E-state index >= 15 is 0 Å². The molecule has 1 saturated heterocycles. The Morgan fingerprint density at radius 3 is 2.79 bits per heavy atom. The maximum atomic E-state index is 5.52. The number of hydrogen-bond acceptors (Lipinski definition) is 5. The molecule has 1 aliphatic rings. The van der Waals surface area contributed by atoms with Crippen LogP contribution in [0.3, 0.4) is 0 Å². The van der Waals surface area contributed by atoms with E-state index in [-0.39, 0.29) is 0 Å². The molecule has 1 fully saturated rings. The van der Waals surface area contributed by atoms with Gasteiger partial charge in [-0.15, -0.1) is 11.3 Å². The van der Waals surface area contributed by atoms with Crippen molar-refractivity contribution in [3.63, 3.8) is 0 Å². The number of aliphatic imine (C=N–C) groups is 1. The summed E-state index contributed by atoms with van der Waals surface area (Å²) >= 11 is 3.72. The molecule has 0 radical (unpaired) electrons. The third-order valence-corrected chi connectivity index (χ3v) is 5.66. The largest absolute Gasteiger partial charge is 0.379 e. The summed E-state index contributed by atoms with van der Waals surface area (Å²) in [5.74, 6) is 2.00. The molecule has 136 valence electrons. The van der Waals surface area contributed by atoms with Crippen molar-refractivity contribution < 1.29 is 4.74 Å². The first-order valence-corrected chi connectivity index (χ1v) is 10.8. The van der Waals surface area contributed by atoms with Gasteiger partial charge in [-0.3, -0.25) is 9.89 Å². The summed E-state index contributed by atoms with van der Waals surface area (Å²) < 4.78 is 5.52. The Bertz CT molecular complexity index is 501. The van der Waals surface area contributed by atoms with Crippen molar-refractivity contribution in [1.82, 2.24) is 15.5 Å². The third kappa shape index (κ3) is 6.27. The lowest BCUT2D eigenvalue weighted by atomic mass is 10.2. The molecular weight excluding hydrogens is 340 g/mol. The first kappa shape index (κ1) is 19.6. The highest BCUT2D eigenvalue weighted by atomic mass is 32.2. The molecule has 1 aromatic heterocycles. The van der Waals surface area contributed by atoms with Crippen molar-refractivity contribution in [2.24, 2.45) is 4.99 Å². The van der Waals surface area contributed by atoms with E-state index in [1.165, 1.54) is 9.75 Å². The molecule has 0 aliphatic carbocycles. The Hall–Kier alpha value is -0.760. The quantitative estimate of drug-likeness (QED) is 0.418. The summed E-state index contributed by atoms with van der Waals surface area (Å²) in [4.78, 5) is 10.1. The normalized spacial score (nSPS) is 17.7. The molecule has 7 heteroatoms. The highest BCUT2D eigenvalue weighted by molar-refractivity contribution is 7.98. The van der Waals surface area contributed by atoms with Gasteiger partial charge in [-0.25, -0.2) is 0 Å². The molecule has 1 atom stereocenters.